The summed E-state index contributed by atoms with van der Waals surface area (Å²) >= 11 is 7.90. The Morgan fingerprint density at radius 2 is 2.36 bits per heavy atom. The van der Waals surface area contributed by atoms with E-state index < -0.39 is 0 Å². The van der Waals surface area contributed by atoms with Crippen LogP contribution in [0, 0.1) is 3.57 Å². The Morgan fingerprint density at radius 1 is 1.50 bits per heavy atom. The van der Waals surface area contributed by atoms with Crippen LogP contribution in [0.25, 0.3) is 0 Å². The number of thioether (sulfide) groups is 1. The molecule has 1 aromatic carbocycles. The molecular weight excluding hydrogens is 373 g/mol. The van der Waals surface area contributed by atoms with Crippen LogP contribution in [0.2, 0.25) is 0 Å². The molecule has 1 heterocycles. The predicted octanol–water partition coefficient (Wildman–Crippen LogP) is 3.97. The quantitative estimate of drug-likeness (QED) is 0.775. The molecule has 1 aromatic rings. The zero-order valence-corrected chi connectivity index (χ0v) is 12.2. The molecule has 0 spiro atoms. The number of nitrogens with one attached hydrogen (secondary N) is 1. The van der Waals surface area contributed by atoms with E-state index in [4.69, 9.17) is 0 Å². The molecule has 0 radical (unpaired) electrons. The molecule has 4 heteroatoms. The van der Waals surface area contributed by atoms with Gasteiger partial charge in [0.15, 0.2) is 0 Å². The molecule has 2 rings (SSSR count). The van der Waals surface area contributed by atoms with Gasteiger partial charge in [-0.15, -0.1) is 0 Å². The van der Waals surface area contributed by atoms with E-state index in [1.807, 2.05) is 11.8 Å². The molecule has 14 heavy (non-hydrogen) atoms. The lowest BCUT2D eigenvalue weighted by molar-refractivity contribution is 0.813. The standard InChI is InChI=1S/C10H11BrINS/c11-9-5-7(1-2-10(9)12)13-8-3-4-14-6-8/h1-2,5,8,13H,3-4,6H2. The minimum absolute atomic E-state index is 0.659. The van der Waals surface area contributed by atoms with Crippen LogP contribution >= 0.6 is 50.3 Å². The van der Waals surface area contributed by atoms with Crippen LogP contribution in [0.4, 0.5) is 5.69 Å². The van der Waals surface area contributed by atoms with E-state index in [1.165, 1.54) is 31.7 Å². The maximum atomic E-state index is 3.55. The molecule has 1 saturated heterocycles. The number of rotatable bonds is 2. The molecule has 1 N–H and O–H groups in total. The molecule has 1 atom stereocenters. The Morgan fingerprint density at radius 3 is 3.00 bits per heavy atom. The first kappa shape index (κ1) is 11.1. The van der Waals surface area contributed by atoms with Crippen molar-refractivity contribution >= 4 is 56.0 Å². The highest BCUT2D eigenvalue weighted by Gasteiger charge is 2.14. The van der Waals surface area contributed by atoms with Crippen molar-refractivity contribution in [3.8, 4) is 0 Å². The predicted molar refractivity (Wildman–Crippen MR) is 76.2 cm³/mol. The molecule has 1 aliphatic heterocycles. The van der Waals surface area contributed by atoms with Crippen LogP contribution in [-0.2, 0) is 0 Å². The highest BCUT2D eigenvalue weighted by atomic mass is 127. The molecule has 1 fully saturated rings. The van der Waals surface area contributed by atoms with Crippen molar-refractivity contribution in [1.29, 1.82) is 0 Å². The average molecular weight is 384 g/mol. The molecule has 0 bridgehead atoms. The van der Waals surface area contributed by atoms with E-state index in [0.29, 0.717) is 6.04 Å². The largest absolute Gasteiger partial charge is 0.381 e. The van der Waals surface area contributed by atoms with Gasteiger partial charge >= 0.3 is 0 Å². The summed E-state index contributed by atoms with van der Waals surface area (Å²) in [6, 6.07) is 7.10. The van der Waals surface area contributed by atoms with Crippen LogP contribution in [0.1, 0.15) is 6.42 Å². The molecular formula is C10H11BrINS. The van der Waals surface area contributed by atoms with Crippen LogP contribution in [0.5, 0.6) is 0 Å². The normalized spacial score (nSPS) is 21.1. The van der Waals surface area contributed by atoms with Gasteiger partial charge in [0.05, 0.1) is 0 Å². The summed E-state index contributed by atoms with van der Waals surface area (Å²) in [5, 5.41) is 3.55. The number of hydrogen-bond acceptors (Lipinski definition) is 2. The molecule has 0 amide bonds. The summed E-state index contributed by atoms with van der Waals surface area (Å²) in [6.45, 7) is 0. The summed E-state index contributed by atoms with van der Waals surface area (Å²) in [4.78, 5) is 0. The SMILES string of the molecule is Brc1cc(NC2CCSC2)ccc1I. The van der Waals surface area contributed by atoms with E-state index >= 15 is 0 Å². The van der Waals surface area contributed by atoms with Gasteiger partial charge in [0, 0.05) is 25.5 Å². The Kier molecular flexibility index (Phi) is 4.01. The number of benzene rings is 1. The summed E-state index contributed by atoms with van der Waals surface area (Å²) in [7, 11) is 0. The van der Waals surface area contributed by atoms with Crippen molar-refractivity contribution in [2.75, 3.05) is 16.8 Å². The van der Waals surface area contributed by atoms with Gasteiger partial charge in [0.25, 0.3) is 0 Å². The first-order chi connectivity index (χ1) is 6.75. The lowest BCUT2D eigenvalue weighted by Crippen LogP contribution is -2.17. The molecule has 1 nitrogen and oxygen atoms in total. The van der Waals surface area contributed by atoms with Crippen LogP contribution in [0.15, 0.2) is 22.7 Å². The highest BCUT2D eigenvalue weighted by Crippen LogP contribution is 2.26. The fourth-order valence-electron chi connectivity index (χ4n) is 1.47. The van der Waals surface area contributed by atoms with E-state index in [2.05, 4.69) is 62.0 Å². The summed E-state index contributed by atoms with van der Waals surface area (Å²) in [6.07, 6.45) is 1.29. The minimum Gasteiger partial charge on any atom is -0.381 e. The fourth-order valence-corrected chi connectivity index (χ4v) is 3.34. The fraction of sp³-hybridized carbons (Fsp3) is 0.400. The van der Waals surface area contributed by atoms with Crippen LogP contribution < -0.4 is 5.32 Å². The van der Waals surface area contributed by atoms with Gasteiger partial charge < -0.3 is 5.32 Å². The van der Waals surface area contributed by atoms with E-state index in [-0.39, 0.29) is 0 Å². The van der Waals surface area contributed by atoms with Gasteiger partial charge in [0.1, 0.15) is 0 Å². The second-order valence-electron chi connectivity index (χ2n) is 3.33. The molecule has 0 aromatic heterocycles. The van der Waals surface area contributed by atoms with Gasteiger partial charge in [-0.25, -0.2) is 0 Å². The molecule has 76 valence electrons. The number of anilines is 1. The Hall–Kier alpha value is 0.580. The van der Waals surface area contributed by atoms with E-state index in [1.54, 1.807) is 0 Å². The van der Waals surface area contributed by atoms with E-state index in [0.717, 1.165) is 0 Å². The third-order valence-corrected chi connectivity index (χ3v) is 5.72. The monoisotopic (exact) mass is 383 g/mol. The smallest absolute Gasteiger partial charge is 0.0359 e. The number of halogens is 2. The summed E-state index contributed by atoms with van der Waals surface area (Å²) in [5.41, 5.74) is 1.23. The maximum absolute atomic E-state index is 3.55. The second kappa shape index (κ2) is 5.07. The van der Waals surface area contributed by atoms with Crippen molar-refractivity contribution in [1.82, 2.24) is 0 Å². The molecule has 0 saturated carbocycles. The second-order valence-corrected chi connectivity index (χ2v) is 6.50. The zero-order valence-electron chi connectivity index (χ0n) is 7.59. The first-order valence-corrected chi connectivity index (χ1v) is 7.57. The van der Waals surface area contributed by atoms with Gasteiger partial charge in [-0.1, -0.05) is 0 Å². The van der Waals surface area contributed by atoms with Crippen molar-refractivity contribution in [2.45, 2.75) is 12.5 Å². The first-order valence-electron chi connectivity index (χ1n) is 4.55. The van der Waals surface area contributed by atoms with Crippen molar-refractivity contribution in [2.24, 2.45) is 0 Å². The van der Waals surface area contributed by atoms with Gasteiger partial charge in [-0.2, -0.15) is 11.8 Å². The lowest BCUT2D eigenvalue weighted by atomic mass is 10.2. The van der Waals surface area contributed by atoms with Gasteiger partial charge in [0.2, 0.25) is 0 Å². The van der Waals surface area contributed by atoms with E-state index in [9.17, 15) is 0 Å². The van der Waals surface area contributed by atoms with Crippen LogP contribution in [-0.4, -0.2) is 17.5 Å². The molecule has 1 unspecified atom stereocenters. The maximum Gasteiger partial charge on any atom is 0.0359 e. The Balaban J connectivity index is 2.05. The number of hydrogen-bond donors (Lipinski definition) is 1. The Labute approximate surface area is 111 Å². The lowest BCUT2D eigenvalue weighted by Gasteiger charge is -2.13. The zero-order chi connectivity index (χ0) is 9.97. The van der Waals surface area contributed by atoms with Crippen molar-refractivity contribution < 1.29 is 0 Å². The third kappa shape index (κ3) is 2.79. The van der Waals surface area contributed by atoms with Crippen molar-refractivity contribution in [3.05, 3.63) is 26.2 Å². The summed E-state index contributed by atoms with van der Waals surface area (Å²) < 4.78 is 2.43. The van der Waals surface area contributed by atoms with Crippen LogP contribution in [0.3, 0.4) is 0 Å². The van der Waals surface area contributed by atoms with Gasteiger partial charge in [-0.3, -0.25) is 0 Å². The third-order valence-electron chi connectivity index (χ3n) is 2.22. The summed E-state index contributed by atoms with van der Waals surface area (Å²) in [5.74, 6) is 2.53. The average Bonchev–Trinajstić information content (AvgIpc) is 2.64. The van der Waals surface area contributed by atoms with Crippen molar-refractivity contribution in [3.63, 3.8) is 0 Å². The van der Waals surface area contributed by atoms with Gasteiger partial charge in [-0.05, 0) is 68.9 Å². The molecule has 1 aliphatic rings. The Bertz CT molecular complexity index is 326. The molecule has 0 aliphatic carbocycles. The minimum atomic E-state index is 0.659. The highest BCUT2D eigenvalue weighted by molar-refractivity contribution is 14.1. The topological polar surface area (TPSA) is 12.0 Å².